The van der Waals surface area contributed by atoms with Crippen molar-refractivity contribution in [1.82, 2.24) is 9.21 Å². The number of sulfonamides is 1. The van der Waals surface area contributed by atoms with Crippen LogP contribution >= 0.6 is 12.4 Å². The van der Waals surface area contributed by atoms with Crippen molar-refractivity contribution in [3.8, 4) is 0 Å². The van der Waals surface area contributed by atoms with Crippen LogP contribution in [0.25, 0.3) is 0 Å². The summed E-state index contributed by atoms with van der Waals surface area (Å²) in [5, 5.41) is 0. The van der Waals surface area contributed by atoms with Gasteiger partial charge in [0, 0.05) is 32.2 Å². The Hall–Kier alpha value is -1.19. The predicted octanol–water partition coefficient (Wildman–Crippen LogP) is 0.302. The normalized spacial score (nSPS) is 22.2. The standard InChI is InChI=1S/C15H21N3O4S.ClH/c16-12-5-6-17(11-12)15(19)13-3-1-2-4-14(13)23(20,21)18-7-9-22-10-8-18;/h1-4,12H,5-11,16H2;1H/t12-;/m1./s1. The van der Waals surface area contributed by atoms with Crippen molar-refractivity contribution in [3.05, 3.63) is 29.8 Å². The Morgan fingerprint density at radius 1 is 1.17 bits per heavy atom. The number of benzene rings is 1. The van der Waals surface area contributed by atoms with Crippen LogP contribution in [0.4, 0.5) is 0 Å². The van der Waals surface area contributed by atoms with Crippen LogP contribution in [0.1, 0.15) is 16.8 Å². The second kappa shape index (κ2) is 7.79. The van der Waals surface area contributed by atoms with Crippen molar-refractivity contribution in [2.24, 2.45) is 5.73 Å². The molecule has 9 heteroatoms. The number of halogens is 1. The zero-order chi connectivity index (χ0) is 16.4. The van der Waals surface area contributed by atoms with Gasteiger partial charge in [-0.2, -0.15) is 4.31 Å². The molecule has 7 nitrogen and oxygen atoms in total. The Morgan fingerprint density at radius 2 is 1.83 bits per heavy atom. The zero-order valence-corrected chi connectivity index (χ0v) is 14.9. The van der Waals surface area contributed by atoms with E-state index in [1.165, 1.54) is 10.4 Å². The molecule has 2 aliphatic rings. The van der Waals surface area contributed by atoms with Crippen molar-refractivity contribution in [3.63, 3.8) is 0 Å². The summed E-state index contributed by atoms with van der Waals surface area (Å²) in [6.07, 6.45) is 0.740. The fourth-order valence-corrected chi connectivity index (χ4v) is 4.53. The molecule has 0 spiro atoms. The largest absolute Gasteiger partial charge is 0.379 e. The fraction of sp³-hybridized carbons (Fsp3) is 0.533. The number of hydrogen-bond donors (Lipinski definition) is 1. The van der Waals surface area contributed by atoms with E-state index in [0.29, 0.717) is 39.4 Å². The van der Waals surface area contributed by atoms with Gasteiger partial charge in [0.1, 0.15) is 0 Å². The van der Waals surface area contributed by atoms with Crippen LogP contribution < -0.4 is 5.73 Å². The fourth-order valence-electron chi connectivity index (χ4n) is 2.94. The number of likely N-dealkylation sites (tertiary alicyclic amines) is 1. The van der Waals surface area contributed by atoms with Gasteiger partial charge in [-0.3, -0.25) is 4.79 Å². The summed E-state index contributed by atoms with van der Waals surface area (Å²) < 4.78 is 32.3. The molecule has 0 aliphatic carbocycles. The second-order valence-corrected chi connectivity index (χ2v) is 7.72. The molecule has 2 N–H and O–H groups in total. The zero-order valence-electron chi connectivity index (χ0n) is 13.3. The number of rotatable bonds is 3. The van der Waals surface area contributed by atoms with Crippen LogP contribution in [-0.2, 0) is 14.8 Å². The van der Waals surface area contributed by atoms with E-state index in [4.69, 9.17) is 10.5 Å². The SMILES string of the molecule is Cl.N[C@@H]1CCN(C(=O)c2ccccc2S(=O)(=O)N2CCOCC2)C1. The van der Waals surface area contributed by atoms with Gasteiger partial charge >= 0.3 is 0 Å². The molecule has 1 amide bonds. The van der Waals surface area contributed by atoms with Gasteiger partial charge in [0.25, 0.3) is 5.91 Å². The number of nitrogens with two attached hydrogens (primary N) is 1. The molecule has 0 unspecified atom stereocenters. The first-order valence-corrected chi connectivity index (χ1v) is 9.16. The van der Waals surface area contributed by atoms with Gasteiger partial charge in [0.2, 0.25) is 10.0 Å². The summed E-state index contributed by atoms with van der Waals surface area (Å²) in [4.78, 5) is 14.4. The third kappa shape index (κ3) is 3.73. The maximum Gasteiger partial charge on any atom is 0.255 e. The van der Waals surface area contributed by atoms with Crippen LogP contribution in [-0.4, -0.2) is 69.0 Å². The highest BCUT2D eigenvalue weighted by Gasteiger charge is 2.32. The van der Waals surface area contributed by atoms with E-state index in [1.807, 2.05) is 0 Å². The van der Waals surface area contributed by atoms with Crippen LogP contribution in [0.15, 0.2) is 29.2 Å². The highest BCUT2D eigenvalue weighted by Crippen LogP contribution is 2.23. The highest BCUT2D eigenvalue weighted by molar-refractivity contribution is 7.89. The average Bonchev–Trinajstić information content (AvgIpc) is 3.01. The third-order valence-electron chi connectivity index (χ3n) is 4.22. The minimum absolute atomic E-state index is 0. The van der Waals surface area contributed by atoms with E-state index in [-0.39, 0.29) is 34.8 Å². The summed E-state index contributed by atoms with van der Waals surface area (Å²) in [7, 11) is -3.71. The summed E-state index contributed by atoms with van der Waals surface area (Å²) >= 11 is 0. The van der Waals surface area contributed by atoms with Gasteiger partial charge < -0.3 is 15.4 Å². The number of amides is 1. The van der Waals surface area contributed by atoms with E-state index in [2.05, 4.69) is 0 Å². The number of ether oxygens (including phenoxy) is 1. The minimum atomic E-state index is -3.71. The van der Waals surface area contributed by atoms with Crippen molar-refractivity contribution in [1.29, 1.82) is 0 Å². The first-order valence-electron chi connectivity index (χ1n) is 7.72. The van der Waals surface area contributed by atoms with Crippen LogP contribution in [0.2, 0.25) is 0 Å². The number of morpholine rings is 1. The van der Waals surface area contributed by atoms with E-state index in [9.17, 15) is 13.2 Å². The maximum absolute atomic E-state index is 12.9. The molecule has 0 bridgehead atoms. The molecule has 134 valence electrons. The average molecular weight is 376 g/mol. The van der Waals surface area contributed by atoms with Crippen molar-refractivity contribution in [2.45, 2.75) is 17.4 Å². The molecule has 1 aromatic rings. The van der Waals surface area contributed by atoms with Crippen LogP contribution in [0.5, 0.6) is 0 Å². The lowest BCUT2D eigenvalue weighted by Gasteiger charge is -2.27. The molecule has 2 saturated heterocycles. The molecule has 0 aromatic heterocycles. The Balaban J connectivity index is 0.00000208. The van der Waals surface area contributed by atoms with Gasteiger partial charge in [-0.05, 0) is 18.6 Å². The highest BCUT2D eigenvalue weighted by atomic mass is 35.5. The molecular weight excluding hydrogens is 354 g/mol. The molecule has 24 heavy (non-hydrogen) atoms. The Kier molecular flexibility index (Phi) is 6.22. The topological polar surface area (TPSA) is 92.9 Å². The molecular formula is C15H22ClN3O4S. The lowest BCUT2D eigenvalue weighted by atomic mass is 10.2. The molecule has 3 rings (SSSR count). The Morgan fingerprint density at radius 3 is 2.46 bits per heavy atom. The summed E-state index contributed by atoms with van der Waals surface area (Å²) in [6, 6.07) is 6.34. The lowest BCUT2D eigenvalue weighted by Crippen LogP contribution is -2.41. The molecule has 0 radical (unpaired) electrons. The number of nitrogens with zero attached hydrogens (tertiary/aromatic N) is 2. The quantitative estimate of drug-likeness (QED) is 0.820. The van der Waals surface area contributed by atoms with E-state index in [0.717, 1.165) is 6.42 Å². The monoisotopic (exact) mass is 375 g/mol. The lowest BCUT2D eigenvalue weighted by molar-refractivity contribution is 0.0727. The van der Waals surface area contributed by atoms with Gasteiger partial charge in [-0.1, -0.05) is 12.1 Å². The van der Waals surface area contributed by atoms with E-state index < -0.39 is 10.0 Å². The van der Waals surface area contributed by atoms with Crippen molar-refractivity contribution in [2.75, 3.05) is 39.4 Å². The Labute approximate surface area is 148 Å². The molecule has 1 atom stereocenters. The molecule has 2 aliphatic heterocycles. The van der Waals surface area contributed by atoms with Gasteiger partial charge in [0.15, 0.2) is 0 Å². The van der Waals surface area contributed by atoms with Gasteiger partial charge in [-0.15, -0.1) is 12.4 Å². The van der Waals surface area contributed by atoms with Crippen molar-refractivity contribution >= 4 is 28.3 Å². The van der Waals surface area contributed by atoms with Crippen LogP contribution in [0, 0.1) is 0 Å². The predicted molar refractivity (Wildman–Crippen MR) is 91.8 cm³/mol. The van der Waals surface area contributed by atoms with Crippen molar-refractivity contribution < 1.29 is 17.9 Å². The first kappa shape index (κ1) is 19.1. The maximum atomic E-state index is 12.9. The molecule has 0 saturated carbocycles. The smallest absolute Gasteiger partial charge is 0.255 e. The second-order valence-electron chi connectivity index (χ2n) is 5.81. The summed E-state index contributed by atoms with van der Waals surface area (Å²) in [5.41, 5.74) is 6.06. The number of carbonyl (C=O) groups excluding carboxylic acids is 1. The number of carbonyl (C=O) groups is 1. The van der Waals surface area contributed by atoms with Crippen LogP contribution in [0.3, 0.4) is 0 Å². The van der Waals surface area contributed by atoms with Gasteiger partial charge in [-0.25, -0.2) is 8.42 Å². The molecule has 1 aromatic carbocycles. The molecule has 2 fully saturated rings. The first-order chi connectivity index (χ1) is 11.0. The number of hydrogen-bond acceptors (Lipinski definition) is 5. The van der Waals surface area contributed by atoms with E-state index in [1.54, 1.807) is 23.1 Å². The Bertz CT molecular complexity index is 692. The van der Waals surface area contributed by atoms with E-state index >= 15 is 0 Å². The minimum Gasteiger partial charge on any atom is -0.379 e. The third-order valence-corrected chi connectivity index (χ3v) is 6.17. The summed E-state index contributed by atoms with van der Waals surface area (Å²) in [5.74, 6) is -0.273. The summed E-state index contributed by atoms with van der Waals surface area (Å²) in [6.45, 7) is 2.38. The molecule has 2 heterocycles. The van der Waals surface area contributed by atoms with Gasteiger partial charge in [0.05, 0.1) is 23.7 Å².